The van der Waals surface area contributed by atoms with Crippen molar-refractivity contribution in [3.05, 3.63) is 33.3 Å². The van der Waals surface area contributed by atoms with Crippen LogP contribution in [0.15, 0.2) is 18.2 Å². The van der Waals surface area contributed by atoms with Gasteiger partial charge in [0.25, 0.3) is 5.69 Å². The number of hydrogen-bond donors (Lipinski definition) is 1. The van der Waals surface area contributed by atoms with Crippen LogP contribution in [-0.2, 0) is 0 Å². The maximum absolute atomic E-state index is 10.6. The summed E-state index contributed by atoms with van der Waals surface area (Å²) in [6, 6.07) is 5.01. The molecule has 0 radical (unpaired) electrons. The lowest BCUT2D eigenvalue weighted by Gasteiger charge is -2.20. The fraction of sp³-hybridized carbons (Fsp3) is 0.500. The number of nitrogens with one attached hydrogen (secondary N) is 1. The molecule has 1 fully saturated rings. The van der Waals surface area contributed by atoms with Gasteiger partial charge >= 0.3 is 0 Å². The maximum Gasteiger partial charge on any atom is 0.271 e. The Hall–Kier alpha value is -1.33. The summed E-state index contributed by atoms with van der Waals surface area (Å²) in [7, 11) is 2.11. The minimum Gasteiger partial charge on any atom is -0.382 e. The molecule has 1 unspecified atom stereocenters. The summed E-state index contributed by atoms with van der Waals surface area (Å²) < 4.78 is 0. The summed E-state index contributed by atoms with van der Waals surface area (Å²) in [6.45, 7) is 1.94. The molecule has 0 amide bonds. The monoisotopic (exact) mass is 269 g/mol. The van der Waals surface area contributed by atoms with E-state index in [1.165, 1.54) is 25.0 Å². The molecule has 1 N–H and O–H groups in total. The summed E-state index contributed by atoms with van der Waals surface area (Å²) in [5.74, 6) is 0. The van der Waals surface area contributed by atoms with E-state index in [1.54, 1.807) is 6.07 Å². The van der Waals surface area contributed by atoms with E-state index < -0.39 is 4.92 Å². The summed E-state index contributed by atoms with van der Waals surface area (Å²) in [5.41, 5.74) is 0.770. The zero-order valence-corrected chi connectivity index (χ0v) is 11.0. The largest absolute Gasteiger partial charge is 0.382 e. The van der Waals surface area contributed by atoms with Gasteiger partial charge in [-0.15, -0.1) is 0 Å². The molecule has 6 heteroatoms. The van der Waals surface area contributed by atoms with Crippen LogP contribution in [0.4, 0.5) is 11.4 Å². The molecule has 18 heavy (non-hydrogen) atoms. The highest BCUT2D eigenvalue weighted by molar-refractivity contribution is 6.33. The van der Waals surface area contributed by atoms with Crippen molar-refractivity contribution >= 4 is 23.0 Å². The number of benzene rings is 1. The number of nitro benzene ring substituents is 1. The molecule has 0 saturated carbocycles. The molecule has 1 aromatic carbocycles. The van der Waals surface area contributed by atoms with Crippen LogP contribution in [-0.4, -0.2) is 36.0 Å². The van der Waals surface area contributed by atoms with Crippen LogP contribution >= 0.6 is 11.6 Å². The van der Waals surface area contributed by atoms with E-state index in [9.17, 15) is 10.1 Å². The molecule has 0 spiro atoms. The summed E-state index contributed by atoms with van der Waals surface area (Å²) >= 11 is 6.01. The summed E-state index contributed by atoms with van der Waals surface area (Å²) in [6.07, 6.45) is 2.39. The van der Waals surface area contributed by atoms with Crippen molar-refractivity contribution in [2.75, 3.05) is 25.5 Å². The van der Waals surface area contributed by atoms with Gasteiger partial charge in [0.1, 0.15) is 0 Å². The third kappa shape index (κ3) is 2.91. The maximum atomic E-state index is 10.6. The van der Waals surface area contributed by atoms with Gasteiger partial charge in [-0.25, -0.2) is 0 Å². The van der Waals surface area contributed by atoms with E-state index >= 15 is 0 Å². The van der Waals surface area contributed by atoms with Gasteiger partial charge in [-0.05, 0) is 32.5 Å². The molecule has 1 aromatic rings. The Morgan fingerprint density at radius 3 is 2.94 bits per heavy atom. The van der Waals surface area contributed by atoms with Gasteiger partial charge in [-0.2, -0.15) is 0 Å². The van der Waals surface area contributed by atoms with Crippen LogP contribution in [0.25, 0.3) is 0 Å². The fourth-order valence-electron chi connectivity index (χ4n) is 2.23. The molecule has 1 aliphatic rings. The average Bonchev–Trinajstić information content (AvgIpc) is 2.73. The molecule has 0 aromatic heterocycles. The highest BCUT2D eigenvalue weighted by Gasteiger charge is 2.20. The molecule has 1 saturated heterocycles. The molecule has 5 nitrogen and oxygen atoms in total. The first-order valence-electron chi connectivity index (χ1n) is 5.96. The Bertz CT molecular complexity index is 453. The van der Waals surface area contributed by atoms with E-state index in [0.717, 1.165) is 18.8 Å². The van der Waals surface area contributed by atoms with Crippen LogP contribution in [0.1, 0.15) is 12.8 Å². The van der Waals surface area contributed by atoms with Crippen molar-refractivity contribution in [3.8, 4) is 0 Å². The van der Waals surface area contributed by atoms with Crippen molar-refractivity contribution in [2.45, 2.75) is 18.9 Å². The van der Waals surface area contributed by atoms with Gasteiger partial charge < -0.3 is 10.2 Å². The van der Waals surface area contributed by atoms with Crippen LogP contribution in [0.3, 0.4) is 0 Å². The number of likely N-dealkylation sites (tertiary alicyclic amines) is 1. The highest BCUT2D eigenvalue weighted by Crippen LogP contribution is 2.27. The Kier molecular flexibility index (Phi) is 4.04. The zero-order valence-electron chi connectivity index (χ0n) is 10.2. The molecular formula is C12H16ClN3O2. The number of likely N-dealkylation sites (N-methyl/N-ethyl adjacent to an activating group) is 1. The van der Waals surface area contributed by atoms with Gasteiger partial charge in [0.15, 0.2) is 0 Å². The normalized spacial score (nSPS) is 20.0. The lowest BCUT2D eigenvalue weighted by molar-refractivity contribution is -0.384. The Labute approximate surface area is 111 Å². The van der Waals surface area contributed by atoms with Crippen LogP contribution in [0.5, 0.6) is 0 Å². The van der Waals surface area contributed by atoms with E-state index in [2.05, 4.69) is 17.3 Å². The second-order valence-corrected chi connectivity index (χ2v) is 4.99. The zero-order chi connectivity index (χ0) is 13.1. The van der Waals surface area contributed by atoms with Crippen LogP contribution in [0.2, 0.25) is 5.02 Å². The SMILES string of the molecule is CN1CCCC1CNc1ccc([N+](=O)[O-])cc1Cl. The fourth-order valence-corrected chi connectivity index (χ4v) is 2.47. The predicted molar refractivity (Wildman–Crippen MR) is 72.2 cm³/mol. The molecule has 2 rings (SSSR count). The van der Waals surface area contributed by atoms with Gasteiger partial charge in [0, 0.05) is 24.7 Å². The second-order valence-electron chi connectivity index (χ2n) is 4.58. The minimum atomic E-state index is -0.444. The predicted octanol–water partition coefficient (Wildman–Crippen LogP) is 2.75. The topological polar surface area (TPSA) is 58.4 Å². The molecule has 1 heterocycles. The quantitative estimate of drug-likeness (QED) is 0.674. The standard InChI is InChI=1S/C12H16ClN3O2/c1-15-6-2-3-10(15)8-14-12-5-4-9(16(17)18)7-11(12)13/h4-5,7,10,14H,2-3,6,8H2,1H3. The third-order valence-electron chi connectivity index (χ3n) is 3.36. The smallest absolute Gasteiger partial charge is 0.271 e. The van der Waals surface area contributed by atoms with Gasteiger partial charge in [-0.1, -0.05) is 11.6 Å². The number of halogens is 1. The van der Waals surface area contributed by atoms with E-state index in [4.69, 9.17) is 11.6 Å². The van der Waals surface area contributed by atoms with Crippen molar-refractivity contribution in [1.29, 1.82) is 0 Å². The van der Waals surface area contributed by atoms with Crippen LogP contribution in [0, 0.1) is 10.1 Å². The van der Waals surface area contributed by atoms with Crippen molar-refractivity contribution < 1.29 is 4.92 Å². The number of hydrogen-bond acceptors (Lipinski definition) is 4. The molecule has 1 aliphatic heterocycles. The summed E-state index contributed by atoms with van der Waals surface area (Å²) in [5, 5.41) is 14.2. The van der Waals surface area contributed by atoms with Crippen molar-refractivity contribution in [1.82, 2.24) is 4.90 Å². The lowest BCUT2D eigenvalue weighted by Crippen LogP contribution is -2.31. The minimum absolute atomic E-state index is 0.0172. The third-order valence-corrected chi connectivity index (χ3v) is 3.68. The molecule has 0 bridgehead atoms. The Morgan fingerprint density at radius 1 is 1.61 bits per heavy atom. The van der Waals surface area contributed by atoms with Gasteiger partial charge in [-0.3, -0.25) is 10.1 Å². The number of anilines is 1. The Morgan fingerprint density at radius 2 is 2.39 bits per heavy atom. The molecule has 1 atom stereocenters. The highest BCUT2D eigenvalue weighted by atomic mass is 35.5. The van der Waals surface area contributed by atoms with Crippen molar-refractivity contribution in [3.63, 3.8) is 0 Å². The first kappa shape index (κ1) is 13.1. The van der Waals surface area contributed by atoms with Crippen LogP contribution < -0.4 is 5.32 Å². The first-order chi connectivity index (χ1) is 8.58. The number of rotatable bonds is 4. The van der Waals surface area contributed by atoms with E-state index in [0.29, 0.717) is 11.1 Å². The first-order valence-corrected chi connectivity index (χ1v) is 6.34. The average molecular weight is 270 g/mol. The molecular weight excluding hydrogens is 254 g/mol. The molecule has 98 valence electrons. The second kappa shape index (κ2) is 5.54. The number of non-ortho nitro benzene ring substituents is 1. The summed E-state index contributed by atoms with van der Waals surface area (Å²) in [4.78, 5) is 12.5. The van der Waals surface area contributed by atoms with Gasteiger partial charge in [0.05, 0.1) is 15.6 Å². The Balaban J connectivity index is 1.99. The number of nitrogens with zero attached hydrogens (tertiary/aromatic N) is 2. The van der Waals surface area contributed by atoms with Gasteiger partial charge in [0.2, 0.25) is 0 Å². The molecule has 0 aliphatic carbocycles. The number of nitro groups is 1. The lowest BCUT2D eigenvalue weighted by atomic mass is 10.2. The van der Waals surface area contributed by atoms with E-state index in [1.807, 2.05) is 0 Å². The van der Waals surface area contributed by atoms with E-state index in [-0.39, 0.29) is 5.69 Å². The van der Waals surface area contributed by atoms with Crippen molar-refractivity contribution in [2.24, 2.45) is 0 Å².